The molecule has 0 aliphatic rings. The quantitative estimate of drug-likeness (QED) is 0.764. The van der Waals surface area contributed by atoms with E-state index < -0.39 is 0 Å². The van der Waals surface area contributed by atoms with Crippen LogP contribution in [-0.2, 0) is 6.42 Å². The van der Waals surface area contributed by atoms with Gasteiger partial charge < -0.3 is 5.73 Å². The number of nitrogens with two attached hydrogens (primary N) is 1. The second-order valence-electron chi connectivity index (χ2n) is 3.63. The van der Waals surface area contributed by atoms with Crippen molar-refractivity contribution in [2.24, 2.45) is 5.73 Å². The first-order valence-electron chi connectivity index (χ1n) is 3.86. The number of pyridine rings is 1. The minimum Gasteiger partial charge on any atom is -0.325 e. The molecule has 0 atom stereocenters. The highest BCUT2D eigenvalue weighted by molar-refractivity contribution is 6.31. The van der Waals surface area contributed by atoms with Crippen LogP contribution in [-0.4, -0.2) is 10.5 Å². The van der Waals surface area contributed by atoms with Crippen LogP contribution >= 0.6 is 11.6 Å². The molecule has 0 fully saturated rings. The molecule has 2 N–H and O–H groups in total. The average molecular weight is 185 g/mol. The zero-order chi connectivity index (χ0) is 9.19. The number of rotatable bonds is 2. The maximum atomic E-state index is 5.93. The van der Waals surface area contributed by atoms with Gasteiger partial charge >= 0.3 is 0 Å². The normalized spacial score (nSPS) is 11.7. The minimum absolute atomic E-state index is 0.229. The summed E-state index contributed by atoms with van der Waals surface area (Å²) >= 11 is 5.93. The summed E-state index contributed by atoms with van der Waals surface area (Å²) in [4.78, 5) is 3.99. The lowest BCUT2D eigenvalue weighted by molar-refractivity contribution is 0.516. The monoisotopic (exact) mass is 184 g/mol. The van der Waals surface area contributed by atoms with E-state index in [0.29, 0.717) is 0 Å². The largest absolute Gasteiger partial charge is 0.325 e. The fourth-order valence-electron chi connectivity index (χ4n) is 1.03. The Labute approximate surface area is 77.8 Å². The van der Waals surface area contributed by atoms with E-state index in [0.717, 1.165) is 17.0 Å². The molecule has 0 aliphatic carbocycles. The molecule has 66 valence electrons. The highest BCUT2D eigenvalue weighted by Crippen LogP contribution is 2.17. The molecule has 3 heteroatoms. The summed E-state index contributed by atoms with van der Waals surface area (Å²) in [5, 5.41) is 0.739. The van der Waals surface area contributed by atoms with Crippen molar-refractivity contribution < 1.29 is 0 Å². The van der Waals surface area contributed by atoms with E-state index >= 15 is 0 Å². The second-order valence-corrected chi connectivity index (χ2v) is 4.04. The lowest BCUT2D eigenvalue weighted by Gasteiger charge is -2.18. The van der Waals surface area contributed by atoms with Crippen LogP contribution in [0.5, 0.6) is 0 Å². The Morgan fingerprint density at radius 1 is 1.58 bits per heavy atom. The summed E-state index contributed by atoms with van der Waals surface area (Å²) < 4.78 is 0. The second kappa shape index (κ2) is 3.42. The first kappa shape index (κ1) is 9.49. The fraction of sp³-hybridized carbons (Fsp3) is 0.444. The predicted molar refractivity (Wildman–Crippen MR) is 51.2 cm³/mol. The van der Waals surface area contributed by atoms with Crippen LogP contribution in [0.4, 0.5) is 0 Å². The van der Waals surface area contributed by atoms with Gasteiger partial charge in [-0.25, -0.2) is 0 Å². The Balaban J connectivity index is 2.83. The van der Waals surface area contributed by atoms with Crippen molar-refractivity contribution in [1.29, 1.82) is 0 Å². The third-order valence-electron chi connectivity index (χ3n) is 1.49. The Bertz CT molecular complexity index is 265. The molecule has 0 amide bonds. The van der Waals surface area contributed by atoms with E-state index in [4.69, 9.17) is 17.3 Å². The van der Waals surface area contributed by atoms with Crippen LogP contribution in [0.15, 0.2) is 18.5 Å². The summed E-state index contributed by atoms with van der Waals surface area (Å²) in [5.74, 6) is 0. The summed E-state index contributed by atoms with van der Waals surface area (Å²) in [7, 11) is 0. The molecule has 0 bridgehead atoms. The van der Waals surface area contributed by atoms with E-state index in [9.17, 15) is 0 Å². The number of aromatic nitrogens is 1. The minimum atomic E-state index is -0.229. The van der Waals surface area contributed by atoms with Crippen LogP contribution in [0.25, 0.3) is 0 Å². The first-order valence-corrected chi connectivity index (χ1v) is 4.24. The molecule has 0 aliphatic heterocycles. The van der Waals surface area contributed by atoms with Gasteiger partial charge in [0.05, 0.1) is 0 Å². The summed E-state index contributed by atoms with van der Waals surface area (Å²) in [6.07, 6.45) is 4.19. The van der Waals surface area contributed by atoms with Gasteiger partial charge in [0.1, 0.15) is 0 Å². The van der Waals surface area contributed by atoms with E-state index in [1.54, 1.807) is 18.5 Å². The van der Waals surface area contributed by atoms with Crippen molar-refractivity contribution in [2.45, 2.75) is 25.8 Å². The number of nitrogens with zero attached hydrogens (tertiary/aromatic N) is 1. The average Bonchev–Trinajstić information content (AvgIpc) is 1.91. The molecule has 0 spiro atoms. The van der Waals surface area contributed by atoms with E-state index in [1.165, 1.54) is 0 Å². The molecule has 0 radical (unpaired) electrons. The molecular formula is C9H13ClN2. The Morgan fingerprint density at radius 2 is 2.25 bits per heavy atom. The maximum absolute atomic E-state index is 5.93. The predicted octanol–water partition coefficient (Wildman–Crippen LogP) is 2.01. The zero-order valence-electron chi connectivity index (χ0n) is 7.34. The molecule has 1 heterocycles. The van der Waals surface area contributed by atoms with Gasteiger partial charge in [0, 0.05) is 23.0 Å². The Morgan fingerprint density at radius 3 is 2.75 bits per heavy atom. The molecule has 0 unspecified atom stereocenters. The van der Waals surface area contributed by atoms with Gasteiger partial charge in [-0.2, -0.15) is 0 Å². The van der Waals surface area contributed by atoms with Gasteiger partial charge in [-0.3, -0.25) is 4.98 Å². The molecular weight excluding hydrogens is 172 g/mol. The lowest BCUT2D eigenvalue weighted by atomic mass is 9.97. The summed E-state index contributed by atoms with van der Waals surface area (Å²) in [5.41, 5.74) is 6.63. The van der Waals surface area contributed by atoms with Crippen LogP contribution in [0.3, 0.4) is 0 Å². The van der Waals surface area contributed by atoms with Crippen molar-refractivity contribution in [2.75, 3.05) is 0 Å². The molecule has 0 saturated heterocycles. The van der Waals surface area contributed by atoms with Gasteiger partial charge in [-0.1, -0.05) is 11.6 Å². The molecule has 12 heavy (non-hydrogen) atoms. The van der Waals surface area contributed by atoms with Crippen molar-refractivity contribution in [1.82, 2.24) is 4.98 Å². The molecule has 1 aromatic heterocycles. The third-order valence-corrected chi connectivity index (χ3v) is 1.86. The number of halogens is 1. The zero-order valence-corrected chi connectivity index (χ0v) is 8.10. The van der Waals surface area contributed by atoms with Crippen molar-refractivity contribution in [3.8, 4) is 0 Å². The fourth-order valence-corrected chi connectivity index (χ4v) is 1.20. The first-order chi connectivity index (χ1) is 5.49. The van der Waals surface area contributed by atoms with Crippen LogP contribution in [0.2, 0.25) is 5.02 Å². The topological polar surface area (TPSA) is 38.9 Å². The Hall–Kier alpha value is -0.600. The van der Waals surface area contributed by atoms with Gasteiger partial charge in [-0.15, -0.1) is 0 Å². The van der Waals surface area contributed by atoms with Crippen LogP contribution in [0, 0.1) is 0 Å². The lowest BCUT2D eigenvalue weighted by Crippen LogP contribution is -2.34. The van der Waals surface area contributed by atoms with Crippen molar-refractivity contribution in [3.63, 3.8) is 0 Å². The molecule has 0 aromatic carbocycles. The molecule has 1 aromatic rings. The summed E-state index contributed by atoms with van der Waals surface area (Å²) in [6, 6.07) is 1.78. The van der Waals surface area contributed by atoms with E-state index in [-0.39, 0.29) is 5.54 Å². The standard InChI is InChI=1S/C9H13ClN2/c1-9(2,11)5-7-6-12-4-3-8(7)10/h3-4,6H,5,11H2,1-2H3. The number of hydrogen-bond donors (Lipinski definition) is 1. The van der Waals surface area contributed by atoms with E-state index in [1.807, 2.05) is 13.8 Å². The van der Waals surface area contributed by atoms with Crippen molar-refractivity contribution >= 4 is 11.6 Å². The SMILES string of the molecule is CC(C)(N)Cc1cnccc1Cl. The Kier molecular flexibility index (Phi) is 2.70. The van der Waals surface area contributed by atoms with E-state index in [2.05, 4.69) is 4.98 Å². The highest BCUT2D eigenvalue weighted by atomic mass is 35.5. The van der Waals surface area contributed by atoms with Crippen LogP contribution in [0.1, 0.15) is 19.4 Å². The van der Waals surface area contributed by atoms with Gasteiger partial charge in [0.25, 0.3) is 0 Å². The van der Waals surface area contributed by atoms with Crippen LogP contribution < -0.4 is 5.73 Å². The molecule has 2 nitrogen and oxygen atoms in total. The maximum Gasteiger partial charge on any atom is 0.0469 e. The molecule has 0 saturated carbocycles. The van der Waals surface area contributed by atoms with Gasteiger partial charge in [0.15, 0.2) is 0 Å². The number of hydrogen-bond acceptors (Lipinski definition) is 2. The van der Waals surface area contributed by atoms with Crippen molar-refractivity contribution in [3.05, 3.63) is 29.0 Å². The van der Waals surface area contributed by atoms with Gasteiger partial charge in [0.2, 0.25) is 0 Å². The smallest absolute Gasteiger partial charge is 0.0469 e. The van der Waals surface area contributed by atoms with Gasteiger partial charge in [-0.05, 0) is 31.9 Å². The third kappa shape index (κ3) is 2.80. The highest BCUT2D eigenvalue weighted by Gasteiger charge is 2.13. The summed E-state index contributed by atoms with van der Waals surface area (Å²) in [6.45, 7) is 3.94. The molecule has 1 rings (SSSR count).